The first kappa shape index (κ1) is 17.5. The van der Waals surface area contributed by atoms with E-state index in [0.29, 0.717) is 0 Å². The van der Waals surface area contributed by atoms with Crippen molar-refractivity contribution in [1.29, 1.82) is 0 Å². The number of carbonyl (C=O) groups excluding carboxylic acids is 1. The van der Waals surface area contributed by atoms with E-state index in [-0.39, 0.29) is 12.2 Å². The Hall–Kier alpha value is -2.89. The van der Waals surface area contributed by atoms with Crippen molar-refractivity contribution in [3.8, 4) is 0 Å². The Morgan fingerprint density at radius 2 is 1.92 bits per heavy atom. The summed E-state index contributed by atoms with van der Waals surface area (Å²) in [6, 6.07) is 12.4. The first-order valence-electron chi connectivity index (χ1n) is 7.41. The lowest BCUT2D eigenvalue weighted by Crippen LogP contribution is -2.31. The molecule has 2 N–H and O–H groups in total. The van der Waals surface area contributed by atoms with Crippen molar-refractivity contribution in [2.45, 2.75) is 26.0 Å². The molecule has 24 heavy (non-hydrogen) atoms. The van der Waals surface area contributed by atoms with E-state index in [0.717, 1.165) is 11.1 Å². The third-order valence-corrected chi connectivity index (χ3v) is 3.41. The zero-order valence-electron chi connectivity index (χ0n) is 13.2. The molecule has 6 heteroatoms. The van der Waals surface area contributed by atoms with Crippen molar-refractivity contribution >= 4 is 12.1 Å². The van der Waals surface area contributed by atoms with Crippen LogP contribution >= 0.6 is 0 Å². The number of aryl methyl sites for hydroxylation is 1. The summed E-state index contributed by atoms with van der Waals surface area (Å²) in [4.78, 5) is 23.0. The highest BCUT2D eigenvalue weighted by Gasteiger charge is 2.22. The number of hydrogen-bond acceptors (Lipinski definition) is 3. The molecule has 0 aromatic heterocycles. The molecular formula is C18H18FNO4. The normalized spacial score (nSPS) is 11.6. The molecule has 126 valence electrons. The molecule has 0 spiro atoms. The lowest BCUT2D eigenvalue weighted by Gasteiger charge is -2.18. The number of amides is 1. The maximum atomic E-state index is 14.0. The lowest BCUT2D eigenvalue weighted by molar-refractivity contribution is -0.137. The van der Waals surface area contributed by atoms with Crippen LogP contribution in [0, 0.1) is 12.7 Å². The van der Waals surface area contributed by atoms with Gasteiger partial charge in [-0.1, -0.05) is 48.0 Å². The Bertz CT molecular complexity index is 718. The molecule has 2 aromatic carbocycles. The molecule has 0 unspecified atom stereocenters. The highest BCUT2D eigenvalue weighted by molar-refractivity contribution is 5.72. The minimum Gasteiger partial charge on any atom is -0.481 e. The minimum atomic E-state index is -1.15. The van der Waals surface area contributed by atoms with Gasteiger partial charge in [0.15, 0.2) is 0 Å². The predicted molar refractivity (Wildman–Crippen MR) is 85.9 cm³/mol. The van der Waals surface area contributed by atoms with Gasteiger partial charge in [-0.05, 0) is 18.6 Å². The number of aliphatic carboxylic acids is 1. The van der Waals surface area contributed by atoms with Crippen LogP contribution in [0.3, 0.4) is 0 Å². The molecule has 1 amide bonds. The Kier molecular flexibility index (Phi) is 5.89. The molecule has 0 saturated heterocycles. The second-order valence-electron chi connectivity index (χ2n) is 5.38. The van der Waals surface area contributed by atoms with Gasteiger partial charge in [-0.3, -0.25) is 4.79 Å². The van der Waals surface area contributed by atoms with Gasteiger partial charge in [0.25, 0.3) is 0 Å². The average molecular weight is 331 g/mol. The van der Waals surface area contributed by atoms with E-state index >= 15 is 0 Å². The summed E-state index contributed by atoms with van der Waals surface area (Å²) >= 11 is 0. The number of halogens is 1. The largest absolute Gasteiger partial charge is 0.481 e. The van der Waals surface area contributed by atoms with Crippen molar-refractivity contribution in [2.24, 2.45) is 0 Å². The van der Waals surface area contributed by atoms with Crippen molar-refractivity contribution in [3.63, 3.8) is 0 Å². The van der Waals surface area contributed by atoms with Gasteiger partial charge in [0.2, 0.25) is 0 Å². The molecular weight excluding hydrogens is 313 g/mol. The molecule has 0 aliphatic rings. The van der Waals surface area contributed by atoms with E-state index < -0.39 is 30.3 Å². The zero-order chi connectivity index (χ0) is 17.5. The molecule has 0 aliphatic carbocycles. The number of rotatable bonds is 6. The first-order valence-corrected chi connectivity index (χ1v) is 7.41. The monoisotopic (exact) mass is 331 g/mol. The summed E-state index contributed by atoms with van der Waals surface area (Å²) in [5.74, 6) is -1.72. The van der Waals surface area contributed by atoms with Crippen LogP contribution < -0.4 is 5.32 Å². The minimum absolute atomic E-state index is 0.0444. The summed E-state index contributed by atoms with van der Waals surface area (Å²) < 4.78 is 19.1. The lowest BCUT2D eigenvalue weighted by atomic mass is 10.0. The van der Waals surface area contributed by atoms with Crippen LogP contribution in [-0.4, -0.2) is 17.2 Å². The number of benzene rings is 2. The molecule has 0 aliphatic heterocycles. The number of carboxylic acid groups (broad SMARTS) is 1. The number of alkyl carbamates (subject to hydrolysis) is 1. The van der Waals surface area contributed by atoms with Crippen molar-refractivity contribution < 1.29 is 23.8 Å². The second kappa shape index (κ2) is 8.10. The molecule has 0 bridgehead atoms. The summed E-state index contributed by atoms with van der Waals surface area (Å²) in [6.45, 7) is 1.80. The average Bonchev–Trinajstić information content (AvgIpc) is 2.55. The summed E-state index contributed by atoms with van der Waals surface area (Å²) in [5.41, 5.74) is 1.68. The smallest absolute Gasteiger partial charge is 0.407 e. The maximum absolute atomic E-state index is 14.0. The van der Waals surface area contributed by atoms with Gasteiger partial charge in [0, 0.05) is 5.56 Å². The number of carbonyl (C=O) groups is 2. The van der Waals surface area contributed by atoms with E-state index in [1.54, 1.807) is 25.1 Å². The summed E-state index contributed by atoms with van der Waals surface area (Å²) in [5, 5.41) is 11.4. The predicted octanol–water partition coefficient (Wildman–Crippen LogP) is 3.58. The van der Waals surface area contributed by atoms with Gasteiger partial charge in [-0.25, -0.2) is 9.18 Å². The number of carboxylic acids is 1. The number of ether oxygens (including phenoxy) is 1. The van der Waals surface area contributed by atoms with E-state index in [4.69, 9.17) is 9.84 Å². The van der Waals surface area contributed by atoms with Crippen LogP contribution in [0.1, 0.15) is 29.2 Å². The fourth-order valence-corrected chi connectivity index (χ4v) is 2.25. The molecule has 2 rings (SSSR count). The van der Waals surface area contributed by atoms with Gasteiger partial charge < -0.3 is 15.2 Å². The standard InChI is InChI=1S/C18H18FNO4/c1-12-7-8-15(19)14(9-12)16(10-17(21)22)20-18(23)24-11-13-5-3-2-4-6-13/h2-9,16H,10-11H2,1H3,(H,20,23)(H,21,22)/t16-/m1/s1. The molecule has 2 aromatic rings. The third kappa shape index (κ3) is 5.08. The van der Waals surface area contributed by atoms with E-state index in [1.807, 2.05) is 18.2 Å². The Morgan fingerprint density at radius 1 is 1.21 bits per heavy atom. The fraction of sp³-hybridized carbons (Fsp3) is 0.222. The van der Waals surface area contributed by atoms with Crippen LogP contribution in [-0.2, 0) is 16.1 Å². The molecule has 0 heterocycles. The Labute approximate surface area is 139 Å². The van der Waals surface area contributed by atoms with E-state index in [2.05, 4.69) is 5.32 Å². The highest BCUT2D eigenvalue weighted by atomic mass is 19.1. The van der Waals surface area contributed by atoms with Crippen molar-refractivity contribution in [1.82, 2.24) is 5.32 Å². The molecule has 5 nitrogen and oxygen atoms in total. The van der Waals surface area contributed by atoms with E-state index in [1.165, 1.54) is 12.1 Å². The van der Waals surface area contributed by atoms with Gasteiger partial charge in [0.1, 0.15) is 12.4 Å². The third-order valence-electron chi connectivity index (χ3n) is 3.41. The van der Waals surface area contributed by atoms with Crippen LogP contribution in [0.15, 0.2) is 48.5 Å². The molecule has 0 saturated carbocycles. The van der Waals surface area contributed by atoms with Crippen LogP contribution in [0.4, 0.5) is 9.18 Å². The summed E-state index contributed by atoms with van der Waals surface area (Å²) in [7, 11) is 0. The molecule has 0 fully saturated rings. The van der Waals surface area contributed by atoms with Gasteiger partial charge >= 0.3 is 12.1 Å². The van der Waals surface area contributed by atoms with Crippen LogP contribution in [0.25, 0.3) is 0 Å². The highest BCUT2D eigenvalue weighted by Crippen LogP contribution is 2.22. The number of hydrogen-bond donors (Lipinski definition) is 2. The SMILES string of the molecule is Cc1ccc(F)c([C@@H](CC(=O)O)NC(=O)OCc2ccccc2)c1. The van der Waals surface area contributed by atoms with Gasteiger partial charge in [-0.15, -0.1) is 0 Å². The summed E-state index contributed by atoms with van der Waals surface area (Å²) in [6.07, 6.45) is -1.24. The topological polar surface area (TPSA) is 75.6 Å². The van der Waals surface area contributed by atoms with Gasteiger partial charge in [-0.2, -0.15) is 0 Å². The van der Waals surface area contributed by atoms with Crippen molar-refractivity contribution in [2.75, 3.05) is 0 Å². The second-order valence-corrected chi connectivity index (χ2v) is 5.38. The van der Waals surface area contributed by atoms with Gasteiger partial charge in [0.05, 0.1) is 12.5 Å². The fourth-order valence-electron chi connectivity index (χ4n) is 2.25. The quantitative estimate of drug-likeness (QED) is 0.848. The van der Waals surface area contributed by atoms with Crippen LogP contribution in [0.5, 0.6) is 0 Å². The molecule has 1 atom stereocenters. The zero-order valence-corrected chi connectivity index (χ0v) is 13.2. The van der Waals surface area contributed by atoms with Crippen LogP contribution in [0.2, 0.25) is 0 Å². The van der Waals surface area contributed by atoms with E-state index in [9.17, 15) is 14.0 Å². The Balaban J connectivity index is 2.06. The molecule has 0 radical (unpaired) electrons. The first-order chi connectivity index (χ1) is 11.5. The maximum Gasteiger partial charge on any atom is 0.407 e. The van der Waals surface area contributed by atoms with Crippen molar-refractivity contribution in [3.05, 3.63) is 71.0 Å². The number of nitrogens with one attached hydrogen (secondary N) is 1. The Morgan fingerprint density at radius 3 is 2.58 bits per heavy atom.